The molecule has 156 valence electrons. The van der Waals surface area contributed by atoms with E-state index in [-0.39, 0.29) is 17.6 Å². The Labute approximate surface area is 185 Å². The highest BCUT2D eigenvalue weighted by atomic mass is 35.5. The summed E-state index contributed by atoms with van der Waals surface area (Å²) < 4.78 is 10.3. The molecule has 0 N–H and O–H groups in total. The van der Waals surface area contributed by atoms with Crippen LogP contribution in [0.2, 0.25) is 10.0 Å². The Morgan fingerprint density at radius 3 is 2.53 bits per heavy atom. The number of allylic oxidation sites excluding steroid dienone is 2. The minimum atomic E-state index is -0.796. The zero-order chi connectivity index (χ0) is 21.4. The van der Waals surface area contributed by atoms with Crippen LogP contribution in [0.1, 0.15) is 37.3 Å². The molecule has 0 radical (unpaired) electrons. The summed E-state index contributed by atoms with van der Waals surface area (Å²) >= 11 is 12.5. The molecule has 2 atom stereocenters. The normalized spacial score (nSPS) is 20.5. The number of halogens is 2. The predicted octanol–water partition coefficient (Wildman–Crippen LogP) is 6.72. The molecule has 6 heteroatoms. The number of benzene rings is 2. The molecule has 0 aromatic heterocycles. The summed E-state index contributed by atoms with van der Waals surface area (Å²) in [5.74, 6) is 0.503. The molecule has 2 aromatic rings. The van der Waals surface area contributed by atoms with Crippen LogP contribution in [0, 0.1) is 11.8 Å². The molecule has 1 saturated carbocycles. The topological polar surface area (TPSA) is 52.6 Å². The summed E-state index contributed by atoms with van der Waals surface area (Å²) in [4.78, 5) is 25.3. The molecule has 0 amide bonds. The highest BCUT2D eigenvalue weighted by Crippen LogP contribution is 2.48. The first-order chi connectivity index (χ1) is 14.4. The van der Waals surface area contributed by atoms with Crippen LogP contribution in [-0.2, 0) is 20.7 Å². The molecule has 2 aliphatic rings. The van der Waals surface area contributed by atoms with Gasteiger partial charge in [-0.05, 0) is 60.6 Å². The lowest BCUT2D eigenvalue weighted by molar-refractivity contribution is -0.117. The number of carbonyl (C=O) groups excluding carboxylic acids is 2. The molecule has 0 aliphatic heterocycles. The van der Waals surface area contributed by atoms with Crippen molar-refractivity contribution < 1.29 is 19.1 Å². The van der Waals surface area contributed by atoms with Crippen molar-refractivity contribution in [2.24, 2.45) is 11.8 Å². The van der Waals surface area contributed by atoms with E-state index < -0.39 is 6.16 Å². The van der Waals surface area contributed by atoms with Gasteiger partial charge in [-0.1, -0.05) is 48.3 Å². The van der Waals surface area contributed by atoms with E-state index in [1.807, 2.05) is 31.2 Å². The van der Waals surface area contributed by atoms with E-state index in [2.05, 4.69) is 0 Å². The number of hydrogen-bond donors (Lipinski definition) is 0. The van der Waals surface area contributed by atoms with Crippen LogP contribution < -0.4 is 0 Å². The maximum absolute atomic E-state index is 13.4. The summed E-state index contributed by atoms with van der Waals surface area (Å²) in [7, 11) is 1.27. The van der Waals surface area contributed by atoms with Crippen molar-refractivity contribution in [3.63, 3.8) is 0 Å². The van der Waals surface area contributed by atoms with Crippen molar-refractivity contribution in [3.05, 3.63) is 63.3 Å². The summed E-state index contributed by atoms with van der Waals surface area (Å²) in [6.07, 6.45) is 2.30. The monoisotopic (exact) mass is 444 g/mol. The van der Waals surface area contributed by atoms with E-state index in [9.17, 15) is 9.59 Å². The maximum Gasteiger partial charge on any atom is 0.513 e. The molecule has 2 aromatic carbocycles. The fourth-order valence-corrected chi connectivity index (χ4v) is 5.04. The average Bonchev–Trinajstić information content (AvgIpc) is 3.18. The van der Waals surface area contributed by atoms with Gasteiger partial charge in [-0.15, -0.1) is 0 Å². The van der Waals surface area contributed by atoms with Crippen LogP contribution in [0.5, 0.6) is 0 Å². The largest absolute Gasteiger partial charge is 0.513 e. The van der Waals surface area contributed by atoms with Gasteiger partial charge in [0.15, 0.2) is 5.78 Å². The second-order valence-corrected chi connectivity index (χ2v) is 8.56. The van der Waals surface area contributed by atoms with Crippen LogP contribution >= 0.6 is 23.2 Å². The maximum atomic E-state index is 13.4. The Bertz CT molecular complexity index is 1060. The Morgan fingerprint density at radius 2 is 1.83 bits per heavy atom. The minimum Gasteiger partial charge on any atom is -0.437 e. The number of rotatable bonds is 4. The molecule has 2 bridgehead atoms. The van der Waals surface area contributed by atoms with Crippen molar-refractivity contribution in [1.82, 2.24) is 0 Å². The third kappa shape index (κ3) is 3.75. The summed E-state index contributed by atoms with van der Waals surface area (Å²) in [6.45, 7) is 2.04. The van der Waals surface area contributed by atoms with Gasteiger partial charge in [-0.2, -0.15) is 0 Å². The van der Waals surface area contributed by atoms with Gasteiger partial charge >= 0.3 is 6.16 Å². The van der Waals surface area contributed by atoms with Crippen LogP contribution in [0.15, 0.2) is 42.2 Å². The number of hydrogen-bond acceptors (Lipinski definition) is 4. The second-order valence-electron chi connectivity index (χ2n) is 7.72. The zero-order valence-corrected chi connectivity index (χ0v) is 18.3. The SMILES string of the molecule is CCc1ccc(-c2ccc(Cl)cc2Cl)cc1C1=C(OC(=O)OC)C2CCC(C2)C1=O. The third-order valence-corrected chi connectivity index (χ3v) is 6.58. The number of aryl methyl sites for hydroxylation is 1. The van der Waals surface area contributed by atoms with E-state index in [0.717, 1.165) is 47.9 Å². The number of Topliss-reactive ketones (excluding diaryl/α,β-unsaturated/α-hetero) is 1. The van der Waals surface area contributed by atoms with Crippen molar-refractivity contribution in [2.75, 3.05) is 7.11 Å². The van der Waals surface area contributed by atoms with E-state index in [1.54, 1.807) is 12.1 Å². The van der Waals surface area contributed by atoms with Gasteiger partial charge in [0.25, 0.3) is 0 Å². The van der Waals surface area contributed by atoms with Gasteiger partial charge in [-0.25, -0.2) is 4.79 Å². The molecule has 0 spiro atoms. The highest BCUT2D eigenvalue weighted by Gasteiger charge is 2.43. The van der Waals surface area contributed by atoms with Crippen molar-refractivity contribution in [1.29, 1.82) is 0 Å². The summed E-state index contributed by atoms with van der Waals surface area (Å²) in [6, 6.07) is 11.3. The first-order valence-electron chi connectivity index (χ1n) is 10.1. The lowest BCUT2D eigenvalue weighted by atomic mass is 9.81. The van der Waals surface area contributed by atoms with Crippen LogP contribution in [0.25, 0.3) is 16.7 Å². The van der Waals surface area contributed by atoms with Gasteiger partial charge in [0, 0.05) is 27.4 Å². The molecule has 0 saturated heterocycles. The lowest BCUT2D eigenvalue weighted by Crippen LogP contribution is -2.24. The van der Waals surface area contributed by atoms with Crippen molar-refractivity contribution in [2.45, 2.75) is 32.6 Å². The molecule has 1 fully saturated rings. The van der Waals surface area contributed by atoms with E-state index >= 15 is 0 Å². The first kappa shape index (κ1) is 21.0. The highest BCUT2D eigenvalue weighted by molar-refractivity contribution is 6.36. The third-order valence-electron chi connectivity index (χ3n) is 6.03. The fourth-order valence-electron chi connectivity index (χ4n) is 4.53. The van der Waals surface area contributed by atoms with Gasteiger partial charge in [-0.3, -0.25) is 4.79 Å². The molecular formula is C24H22Cl2O4. The van der Waals surface area contributed by atoms with Gasteiger partial charge < -0.3 is 9.47 Å². The Kier molecular flexibility index (Phi) is 5.90. The number of fused-ring (bicyclic) bond motifs is 2. The quantitative estimate of drug-likeness (QED) is 0.491. The van der Waals surface area contributed by atoms with Crippen molar-refractivity contribution >= 4 is 40.7 Å². The van der Waals surface area contributed by atoms with Gasteiger partial charge in [0.2, 0.25) is 0 Å². The molecular weight excluding hydrogens is 423 g/mol. The molecule has 30 heavy (non-hydrogen) atoms. The van der Waals surface area contributed by atoms with E-state index in [0.29, 0.717) is 21.4 Å². The average molecular weight is 445 g/mol. The Hall–Kier alpha value is -2.30. The fraction of sp³-hybridized carbons (Fsp3) is 0.333. The molecule has 2 aliphatic carbocycles. The Morgan fingerprint density at radius 1 is 1.07 bits per heavy atom. The molecule has 4 nitrogen and oxygen atoms in total. The zero-order valence-electron chi connectivity index (χ0n) is 16.8. The number of methoxy groups -OCH3 is 1. The lowest BCUT2D eigenvalue weighted by Gasteiger charge is -2.26. The molecule has 4 rings (SSSR count). The van der Waals surface area contributed by atoms with E-state index in [1.165, 1.54) is 7.11 Å². The second kappa shape index (κ2) is 8.44. The number of ether oxygens (including phenoxy) is 2. The smallest absolute Gasteiger partial charge is 0.437 e. The van der Waals surface area contributed by atoms with Crippen LogP contribution in [-0.4, -0.2) is 19.0 Å². The minimum absolute atomic E-state index is 0.0255. The standard InChI is InChI=1S/C24H22Cl2O4/c1-3-13-4-5-14(18-9-8-17(25)12-20(18)26)11-19(13)21-22(27)15-6-7-16(10-15)23(21)30-24(28)29-2/h4-5,8-9,11-12,15-16H,3,6-7,10H2,1-2H3. The van der Waals surface area contributed by atoms with E-state index in [4.69, 9.17) is 32.7 Å². The number of carbonyl (C=O) groups is 2. The van der Waals surface area contributed by atoms with Crippen LogP contribution in [0.4, 0.5) is 4.79 Å². The van der Waals surface area contributed by atoms with Crippen LogP contribution in [0.3, 0.4) is 0 Å². The molecule has 2 unspecified atom stereocenters. The summed E-state index contributed by atoms with van der Waals surface area (Å²) in [5, 5.41) is 1.09. The van der Waals surface area contributed by atoms with Crippen molar-refractivity contribution in [3.8, 4) is 11.1 Å². The number of ketones is 1. The van der Waals surface area contributed by atoms with Gasteiger partial charge in [0.1, 0.15) is 5.76 Å². The Balaban J connectivity index is 1.90. The predicted molar refractivity (Wildman–Crippen MR) is 118 cm³/mol. The summed E-state index contributed by atoms with van der Waals surface area (Å²) in [5.41, 5.74) is 4.01. The first-order valence-corrected chi connectivity index (χ1v) is 10.8. The van der Waals surface area contributed by atoms with Gasteiger partial charge in [0.05, 0.1) is 12.7 Å². The molecule has 0 heterocycles.